The minimum Gasteiger partial charge on any atom is -0.456 e. The molecule has 4 heteroatoms. The molecule has 3 aliphatic rings. The molecule has 0 radical (unpaired) electrons. The summed E-state index contributed by atoms with van der Waals surface area (Å²) in [4.78, 5) is 18.4. The van der Waals surface area contributed by atoms with Gasteiger partial charge in [0.2, 0.25) is 5.43 Å². The quantitative estimate of drug-likeness (QED) is 0.166. The predicted molar refractivity (Wildman–Crippen MR) is 263 cm³/mol. The van der Waals surface area contributed by atoms with Gasteiger partial charge >= 0.3 is 0 Å². The Hall–Kier alpha value is -7.95. The maximum atomic E-state index is 13.4. The standard InChI is InChI=1S/C60H42N2O2/c1-37-24-33-54-51(34-37)60(46-17-7-4-14-42(46)43-15-5-8-18-47(43)60)50-32-30-41(62-52-21-11-9-19-48(52)59(2,3)49-20-10-12-22-53(49)62)36-55(50)61(54)40-28-25-38(26-29-40)39-27-31-45-57(35-39)64-56-23-13-6-16-44(56)58(45)63/h4-36H,1-3H3. The van der Waals surface area contributed by atoms with Gasteiger partial charge < -0.3 is 14.2 Å². The second-order valence-corrected chi connectivity index (χ2v) is 18.1. The van der Waals surface area contributed by atoms with Crippen molar-refractivity contribution >= 4 is 56.1 Å². The third kappa shape index (κ3) is 4.91. The number of nitrogens with zero attached hydrogens (tertiary/aromatic N) is 2. The maximum absolute atomic E-state index is 13.4. The molecule has 1 aliphatic carbocycles. The van der Waals surface area contributed by atoms with Gasteiger partial charge in [0.25, 0.3) is 0 Å². The van der Waals surface area contributed by atoms with Crippen molar-refractivity contribution in [2.24, 2.45) is 0 Å². The third-order valence-corrected chi connectivity index (χ3v) is 14.3. The zero-order valence-corrected chi connectivity index (χ0v) is 35.8. The minimum absolute atomic E-state index is 0.0127. The monoisotopic (exact) mass is 822 g/mol. The van der Waals surface area contributed by atoms with E-state index in [4.69, 9.17) is 4.42 Å². The molecule has 0 amide bonds. The van der Waals surface area contributed by atoms with E-state index in [9.17, 15) is 4.79 Å². The van der Waals surface area contributed by atoms with Crippen LogP contribution < -0.4 is 15.2 Å². The Morgan fingerprint density at radius 1 is 0.406 bits per heavy atom. The van der Waals surface area contributed by atoms with Crippen LogP contribution in [-0.4, -0.2) is 0 Å². The highest BCUT2D eigenvalue weighted by Crippen LogP contribution is 2.64. The van der Waals surface area contributed by atoms with Crippen molar-refractivity contribution in [1.29, 1.82) is 0 Å². The fourth-order valence-electron chi connectivity index (χ4n) is 11.4. The summed E-state index contributed by atoms with van der Waals surface area (Å²) in [6, 6.07) is 72.2. The van der Waals surface area contributed by atoms with E-state index < -0.39 is 5.41 Å². The van der Waals surface area contributed by atoms with Gasteiger partial charge in [-0.3, -0.25) is 4.79 Å². The average Bonchev–Trinajstić information content (AvgIpc) is 3.63. The molecule has 0 bridgehead atoms. The Morgan fingerprint density at radius 2 is 0.953 bits per heavy atom. The molecular weight excluding hydrogens is 781 g/mol. The summed E-state index contributed by atoms with van der Waals surface area (Å²) in [5, 5.41) is 1.18. The van der Waals surface area contributed by atoms with Gasteiger partial charge in [-0.05, 0) is 129 Å². The van der Waals surface area contributed by atoms with Gasteiger partial charge in [0, 0.05) is 16.8 Å². The first kappa shape index (κ1) is 36.7. The third-order valence-electron chi connectivity index (χ3n) is 14.3. The van der Waals surface area contributed by atoms with E-state index in [1.54, 1.807) is 0 Å². The Balaban J connectivity index is 1.05. The molecule has 0 fully saturated rings. The van der Waals surface area contributed by atoms with E-state index in [2.05, 4.69) is 188 Å². The van der Waals surface area contributed by atoms with Gasteiger partial charge in [-0.1, -0.05) is 153 Å². The number of para-hydroxylation sites is 3. The summed E-state index contributed by atoms with van der Waals surface area (Å²) in [6.45, 7) is 6.89. The van der Waals surface area contributed by atoms with Gasteiger partial charge in [0.1, 0.15) is 11.2 Å². The fourth-order valence-corrected chi connectivity index (χ4v) is 11.4. The smallest absolute Gasteiger partial charge is 0.200 e. The van der Waals surface area contributed by atoms with Gasteiger partial charge in [0.05, 0.1) is 38.9 Å². The van der Waals surface area contributed by atoms with Crippen molar-refractivity contribution in [2.45, 2.75) is 31.6 Å². The van der Waals surface area contributed by atoms with Gasteiger partial charge in [-0.15, -0.1) is 0 Å². The predicted octanol–water partition coefficient (Wildman–Crippen LogP) is 15.2. The normalized spacial score (nSPS) is 14.7. The van der Waals surface area contributed by atoms with Gasteiger partial charge in [0.15, 0.2) is 0 Å². The topological polar surface area (TPSA) is 36.7 Å². The summed E-state index contributed by atoms with van der Waals surface area (Å²) in [6.07, 6.45) is 0. The lowest BCUT2D eigenvalue weighted by molar-refractivity contribution is 0.632. The van der Waals surface area contributed by atoms with Crippen molar-refractivity contribution < 1.29 is 4.42 Å². The number of benzene rings is 9. The van der Waals surface area contributed by atoms with Crippen molar-refractivity contribution in [3.63, 3.8) is 0 Å². The van der Waals surface area contributed by atoms with E-state index in [0.29, 0.717) is 21.9 Å². The summed E-state index contributed by atoms with van der Waals surface area (Å²) in [7, 11) is 0. The maximum Gasteiger partial charge on any atom is 0.200 e. The molecule has 0 unspecified atom stereocenters. The molecule has 1 spiro atoms. The van der Waals surface area contributed by atoms with Gasteiger partial charge in [-0.2, -0.15) is 0 Å². The summed E-state index contributed by atoms with van der Waals surface area (Å²) in [5.41, 5.74) is 20.8. The number of hydrogen-bond acceptors (Lipinski definition) is 4. The molecule has 0 N–H and O–H groups in total. The average molecular weight is 823 g/mol. The van der Waals surface area contributed by atoms with E-state index in [1.165, 1.54) is 61.4 Å². The first-order valence-electron chi connectivity index (χ1n) is 22.1. The molecule has 64 heavy (non-hydrogen) atoms. The van der Waals surface area contributed by atoms with Crippen molar-refractivity contribution in [1.82, 2.24) is 0 Å². The lowest BCUT2D eigenvalue weighted by atomic mass is 9.64. The van der Waals surface area contributed by atoms with E-state index in [1.807, 2.05) is 42.5 Å². The van der Waals surface area contributed by atoms with Crippen LogP contribution in [0.3, 0.4) is 0 Å². The highest BCUT2D eigenvalue weighted by Gasteiger charge is 2.52. The van der Waals surface area contributed by atoms with E-state index in [0.717, 1.165) is 33.9 Å². The van der Waals surface area contributed by atoms with Crippen LogP contribution in [0, 0.1) is 6.92 Å². The number of rotatable bonds is 3. The summed E-state index contributed by atoms with van der Waals surface area (Å²) < 4.78 is 6.30. The number of aryl methyl sites for hydroxylation is 1. The second kappa shape index (κ2) is 13.3. The van der Waals surface area contributed by atoms with Crippen LogP contribution in [0.25, 0.3) is 44.2 Å². The molecule has 9 aromatic carbocycles. The molecule has 0 saturated heterocycles. The first-order chi connectivity index (χ1) is 31.3. The number of hydrogen-bond donors (Lipinski definition) is 0. The van der Waals surface area contributed by atoms with E-state index >= 15 is 0 Å². The van der Waals surface area contributed by atoms with Crippen molar-refractivity contribution in [2.75, 3.05) is 9.80 Å². The summed E-state index contributed by atoms with van der Waals surface area (Å²) in [5.74, 6) is 0. The molecule has 0 saturated carbocycles. The lowest BCUT2D eigenvalue weighted by Crippen LogP contribution is -2.36. The molecule has 10 aromatic rings. The van der Waals surface area contributed by atoms with E-state index in [-0.39, 0.29) is 10.8 Å². The van der Waals surface area contributed by atoms with Crippen LogP contribution in [0.15, 0.2) is 209 Å². The Morgan fingerprint density at radius 3 is 1.66 bits per heavy atom. The molecule has 13 rings (SSSR count). The molecule has 304 valence electrons. The zero-order valence-electron chi connectivity index (χ0n) is 35.8. The molecule has 1 aromatic heterocycles. The summed E-state index contributed by atoms with van der Waals surface area (Å²) >= 11 is 0. The van der Waals surface area contributed by atoms with Crippen molar-refractivity contribution in [3.05, 3.63) is 249 Å². The van der Waals surface area contributed by atoms with Crippen LogP contribution in [0.5, 0.6) is 0 Å². The molecule has 4 nitrogen and oxygen atoms in total. The molecule has 0 atom stereocenters. The van der Waals surface area contributed by atoms with Crippen LogP contribution in [0.1, 0.15) is 52.8 Å². The highest BCUT2D eigenvalue weighted by molar-refractivity contribution is 5.98. The molecular formula is C60H42N2O2. The Labute approximate surface area is 371 Å². The number of fused-ring (bicyclic) bond motifs is 13. The minimum atomic E-state index is -0.558. The highest BCUT2D eigenvalue weighted by atomic mass is 16.3. The largest absolute Gasteiger partial charge is 0.456 e. The molecule has 3 heterocycles. The number of anilines is 6. The SMILES string of the molecule is Cc1ccc2c(c1)C1(c3ccccc3-c3ccccc31)c1ccc(N3c4ccccc4C(C)(C)c4ccccc43)cc1N2c1ccc(-c2ccc3c(=O)c4ccccc4oc3c2)cc1. The van der Waals surface area contributed by atoms with Crippen LogP contribution in [-0.2, 0) is 10.8 Å². The zero-order chi connectivity index (χ0) is 42.9. The lowest BCUT2D eigenvalue weighted by Gasteiger charge is -2.46. The fraction of sp³-hybridized carbons (Fsp3) is 0.0833. The van der Waals surface area contributed by atoms with Crippen LogP contribution in [0.2, 0.25) is 0 Å². The van der Waals surface area contributed by atoms with Crippen molar-refractivity contribution in [3.8, 4) is 22.3 Å². The van der Waals surface area contributed by atoms with Crippen LogP contribution >= 0.6 is 0 Å². The first-order valence-corrected chi connectivity index (χ1v) is 22.1. The Kier molecular flexibility index (Phi) is 7.61. The molecule has 2 aliphatic heterocycles. The second-order valence-electron chi connectivity index (χ2n) is 18.1. The van der Waals surface area contributed by atoms with Crippen LogP contribution in [0.4, 0.5) is 34.1 Å². The van der Waals surface area contributed by atoms with Gasteiger partial charge in [-0.25, -0.2) is 0 Å². The Bertz CT molecular complexity index is 3560.